The molecule has 0 unspecified atom stereocenters. The highest BCUT2D eigenvalue weighted by atomic mass is 16.5. The molecule has 2 aliphatic heterocycles. The van der Waals surface area contributed by atoms with Crippen molar-refractivity contribution in [1.29, 1.82) is 0 Å². The number of para-hydroxylation sites is 2. The topological polar surface area (TPSA) is 55.6 Å². The van der Waals surface area contributed by atoms with Crippen molar-refractivity contribution in [2.45, 2.75) is 38.5 Å². The summed E-state index contributed by atoms with van der Waals surface area (Å²) >= 11 is 0. The molecule has 2 N–H and O–H groups in total. The van der Waals surface area contributed by atoms with Crippen LogP contribution in [0.25, 0.3) is 0 Å². The van der Waals surface area contributed by atoms with Gasteiger partial charge < -0.3 is 4.90 Å². The lowest BCUT2D eigenvalue weighted by Crippen LogP contribution is -2.34. The van der Waals surface area contributed by atoms with Crippen molar-refractivity contribution < 1.29 is 14.6 Å². The molecule has 0 saturated heterocycles. The van der Waals surface area contributed by atoms with Crippen molar-refractivity contribution in [2.24, 2.45) is 0 Å². The molecule has 3 aliphatic rings. The third kappa shape index (κ3) is 2.82. The molecule has 0 atom stereocenters. The monoisotopic (exact) mass is 440 g/mol. The van der Waals surface area contributed by atoms with Gasteiger partial charge in [0.2, 0.25) is 5.69 Å². The molecule has 0 saturated carbocycles. The number of hydroxylamine groups is 1. The minimum atomic E-state index is -0.247. The molecule has 33 heavy (non-hydrogen) atoms. The normalized spacial score (nSPS) is 22.8. The van der Waals surface area contributed by atoms with E-state index in [9.17, 15) is 10.0 Å². The Labute approximate surface area is 195 Å². The predicted octanol–water partition coefficient (Wildman–Crippen LogP) is 4.75. The molecular formula is C28H30N3O2+. The first kappa shape index (κ1) is 21.4. The zero-order valence-corrected chi connectivity index (χ0v) is 20.0. The van der Waals surface area contributed by atoms with Crippen LogP contribution in [0.2, 0.25) is 0 Å². The number of nitrogens with one attached hydrogen (secondary N) is 1. The highest BCUT2D eigenvalue weighted by Crippen LogP contribution is 2.48. The Kier molecular flexibility index (Phi) is 4.56. The fourth-order valence-corrected chi connectivity index (χ4v) is 5.64. The molecule has 0 amide bonds. The predicted molar refractivity (Wildman–Crippen MR) is 131 cm³/mol. The van der Waals surface area contributed by atoms with Crippen molar-refractivity contribution in [3.8, 4) is 0 Å². The number of anilines is 1. The van der Waals surface area contributed by atoms with Crippen molar-refractivity contribution in [1.82, 2.24) is 5.48 Å². The number of carbonyl (C=O) groups is 1. The van der Waals surface area contributed by atoms with Gasteiger partial charge in [0.15, 0.2) is 11.5 Å². The van der Waals surface area contributed by atoms with Crippen LogP contribution >= 0.6 is 0 Å². The van der Waals surface area contributed by atoms with Gasteiger partial charge in [-0.1, -0.05) is 50.2 Å². The van der Waals surface area contributed by atoms with Gasteiger partial charge >= 0.3 is 0 Å². The smallest absolute Gasteiger partial charge is 0.209 e. The first-order chi connectivity index (χ1) is 15.6. The zero-order valence-electron chi connectivity index (χ0n) is 20.0. The Morgan fingerprint density at radius 3 is 2.21 bits per heavy atom. The summed E-state index contributed by atoms with van der Waals surface area (Å²) in [5.74, 6) is -0.0631. The minimum absolute atomic E-state index is 0.0631. The van der Waals surface area contributed by atoms with Gasteiger partial charge in [0, 0.05) is 41.6 Å². The number of allylic oxidation sites excluding steroid dienone is 5. The molecule has 168 valence electrons. The molecular weight excluding hydrogens is 410 g/mol. The Morgan fingerprint density at radius 1 is 0.939 bits per heavy atom. The minimum Gasteiger partial charge on any atom is -0.347 e. The van der Waals surface area contributed by atoms with Crippen molar-refractivity contribution in [3.05, 3.63) is 94.4 Å². The van der Waals surface area contributed by atoms with E-state index in [0.717, 1.165) is 22.8 Å². The summed E-state index contributed by atoms with van der Waals surface area (Å²) in [6.07, 6.45) is 3.84. The van der Waals surface area contributed by atoms with E-state index in [1.165, 1.54) is 11.1 Å². The summed E-state index contributed by atoms with van der Waals surface area (Å²) < 4.78 is 2.13. The van der Waals surface area contributed by atoms with E-state index in [4.69, 9.17) is 0 Å². The Balaban J connectivity index is 1.58. The molecule has 5 rings (SSSR count). The van der Waals surface area contributed by atoms with Crippen LogP contribution in [-0.4, -0.2) is 35.4 Å². The van der Waals surface area contributed by atoms with Crippen molar-refractivity contribution >= 4 is 22.9 Å². The zero-order chi connectivity index (χ0) is 23.7. The van der Waals surface area contributed by atoms with E-state index in [2.05, 4.69) is 66.9 Å². The third-order valence-electron chi connectivity index (χ3n) is 7.58. The molecule has 5 nitrogen and oxygen atoms in total. The van der Waals surface area contributed by atoms with Crippen molar-refractivity contribution in [3.63, 3.8) is 0 Å². The van der Waals surface area contributed by atoms with E-state index in [-0.39, 0.29) is 16.6 Å². The average Bonchev–Trinajstić information content (AvgIpc) is 3.11. The summed E-state index contributed by atoms with van der Waals surface area (Å²) in [5, 5.41) is 9.96. The van der Waals surface area contributed by atoms with Gasteiger partial charge in [-0.2, -0.15) is 4.58 Å². The highest BCUT2D eigenvalue weighted by molar-refractivity contribution is 6.24. The molecule has 0 spiro atoms. The molecule has 2 aromatic rings. The van der Waals surface area contributed by atoms with Crippen LogP contribution in [0.5, 0.6) is 0 Å². The number of hydrogen-bond acceptors (Lipinski definition) is 4. The molecule has 0 fully saturated rings. The Hall–Kier alpha value is -3.44. The summed E-state index contributed by atoms with van der Waals surface area (Å²) in [5.41, 5.74) is 10.1. The molecule has 0 aromatic heterocycles. The summed E-state index contributed by atoms with van der Waals surface area (Å²) in [6.45, 7) is 8.65. The second-order valence-electron chi connectivity index (χ2n) is 10.1. The maximum atomic E-state index is 13.3. The summed E-state index contributed by atoms with van der Waals surface area (Å²) in [7, 11) is 4.05. The van der Waals surface area contributed by atoms with Crippen LogP contribution in [0.15, 0.2) is 83.2 Å². The number of hydrogen-bond donors (Lipinski definition) is 2. The first-order valence-corrected chi connectivity index (χ1v) is 11.3. The van der Waals surface area contributed by atoms with Gasteiger partial charge in [-0.25, -0.2) is 0 Å². The first-order valence-electron chi connectivity index (χ1n) is 11.3. The number of likely N-dealkylation sites (N-methyl/N-ethyl adjacent to an activating group) is 1. The number of carbonyl (C=O) groups excluding carboxylic acids is 1. The Morgan fingerprint density at radius 2 is 1.58 bits per heavy atom. The molecule has 2 heterocycles. The third-order valence-corrected chi connectivity index (χ3v) is 7.58. The van der Waals surface area contributed by atoms with E-state index in [0.29, 0.717) is 16.8 Å². The average molecular weight is 441 g/mol. The molecule has 2 aromatic carbocycles. The number of fused-ring (bicyclic) bond motifs is 2. The van der Waals surface area contributed by atoms with E-state index in [1.54, 1.807) is 0 Å². The Bertz CT molecular complexity index is 1340. The fourth-order valence-electron chi connectivity index (χ4n) is 5.64. The summed E-state index contributed by atoms with van der Waals surface area (Å²) in [6, 6.07) is 16.6. The number of benzene rings is 2. The summed E-state index contributed by atoms with van der Waals surface area (Å²) in [4.78, 5) is 15.4. The maximum Gasteiger partial charge on any atom is 0.209 e. The highest BCUT2D eigenvalue weighted by Gasteiger charge is 2.46. The van der Waals surface area contributed by atoms with Crippen LogP contribution in [0.3, 0.4) is 0 Å². The molecule has 1 aliphatic carbocycles. The quantitative estimate of drug-likeness (QED) is 0.411. The van der Waals surface area contributed by atoms with E-state index in [1.807, 2.05) is 50.5 Å². The number of Topliss-reactive ketones (excluding diaryl/α,β-unsaturated/α-hetero) is 1. The van der Waals surface area contributed by atoms with Gasteiger partial charge in [-0.3, -0.25) is 15.5 Å². The number of nitrogens with zero attached hydrogens (tertiary/aromatic N) is 2. The van der Waals surface area contributed by atoms with Crippen molar-refractivity contribution in [2.75, 3.05) is 19.0 Å². The lowest BCUT2D eigenvalue weighted by molar-refractivity contribution is -0.401. The molecule has 0 bridgehead atoms. The molecule has 5 heteroatoms. The van der Waals surface area contributed by atoms with Crippen LogP contribution in [-0.2, 0) is 15.6 Å². The van der Waals surface area contributed by atoms with Crippen LogP contribution in [0.1, 0.15) is 38.8 Å². The maximum absolute atomic E-state index is 13.3. The van der Waals surface area contributed by atoms with Gasteiger partial charge in [-0.15, -0.1) is 0 Å². The second kappa shape index (κ2) is 7.03. The lowest BCUT2D eigenvalue weighted by atomic mass is 9.77. The number of ketones is 1. The van der Waals surface area contributed by atoms with Crippen LogP contribution in [0.4, 0.5) is 11.4 Å². The van der Waals surface area contributed by atoms with Gasteiger partial charge in [-0.05, 0) is 31.6 Å². The van der Waals surface area contributed by atoms with Gasteiger partial charge in [0.1, 0.15) is 7.05 Å². The van der Waals surface area contributed by atoms with Gasteiger partial charge in [0.25, 0.3) is 0 Å². The second-order valence-corrected chi connectivity index (χ2v) is 10.1. The van der Waals surface area contributed by atoms with E-state index < -0.39 is 0 Å². The van der Waals surface area contributed by atoms with Crippen LogP contribution < -0.4 is 10.4 Å². The largest absolute Gasteiger partial charge is 0.347 e. The van der Waals surface area contributed by atoms with Gasteiger partial charge in [0.05, 0.1) is 22.3 Å². The molecule has 0 radical (unpaired) electrons. The van der Waals surface area contributed by atoms with Crippen LogP contribution in [0, 0.1) is 0 Å². The SMILES string of the molecule is CN1C(=CC2=C(NO)C(=CC3=[N+](C)c4ccccc4C3(C)C)C2=O)C(C)(C)c2ccccc21. The lowest BCUT2D eigenvalue weighted by Gasteiger charge is -2.28. The standard InChI is InChI=1S/C28H29N3O2/c1-27(2)19-11-7-9-13-21(19)30(5)23(27)15-17-25(29-33)18(26(17)32)16-24-28(3,4)20-12-8-10-14-22(20)31(24)6/h7-16H,1-6H3,(H-,29,32,33)/p+1. The number of rotatable bonds is 3. The fraction of sp³-hybridized carbons (Fsp3) is 0.286. The van der Waals surface area contributed by atoms with E-state index >= 15 is 0 Å².